The number of urea groups is 1. The molecule has 0 bridgehead atoms. The van der Waals surface area contributed by atoms with Crippen LogP contribution < -0.4 is 20.3 Å². The Morgan fingerprint density at radius 1 is 1.16 bits per heavy atom. The number of amides is 3. The first-order chi connectivity index (χ1) is 18.3. The number of ether oxygens (including phenoxy) is 1. The van der Waals surface area contributed by atoms with Crippen molar-refractivity contribution >= 4 is 17.8 Å². The Kier molecular flexibility index (Phi) is 8.77. The number of imidazole rings is 1. The number of nitrogens with zero attached hydrogens (tertiary/aromatic N) is 6. The molecule has 202 valence electrons. The van der Waals surface area contributed by atoms with Gasteiger partial charge in [-0.1, -0.05) is 24.6 Å². The van der Waals surface area contributed by atoms with Gasteiger partial charge in [-0.3, -0.25) is 9.36 Å². The van der Waals surface area contributed by atoms with E-state index in [1.54, 1.807) is 35.1 Å². The predicted octanol–water partition coefficient (Wildman–Crippen LogP) is 2.82. The smallest absolute Gasteiger partial charge is 0.317 e. The van der Waals surface area contributed by atoms with E-state index in [4.69, 9.17) is 9.72 Å². The van der Waals surface area contributed by atoms with Crippen molar-refractivity contribution in [2.75, 3.05) is 31.1 Å². The van der Waals surface area contributed by atoms with E-state index < -0.39 is 6.23 Å². The SMILES string of the molecule is CCCNC(=O)N1CCN(c2cc(C)nc(-n3ccnc3)n2)C(CC(=O)NC(C)Oc2ccc(C)cc2)C1. The molecule has 0 radical (unpaired) electrons. The van der Waals surface area contributed by atoms with Crippen molar-refractivity contribution in [1.82, 2.24) is 35.1 Å². The molecule has 38 heavy (non-hydrogen) atoms. The van der Waals surface area contributed by atoms with Crippen LogP contribution in [0.2, 0.25) is 0 Å². The van der Waals surface area contributed by atoms with E-state index >= 15 is 0 Å². The van der Waals surface area contributed by atoms with E-state index in [-0.39, 0.29) is 24.4 Å². The van der Waals surface area contributed by atoms with Crippen molar-refractivity contribution in [2.45, 2.75) is 52.8 Å². The van der Waals surface area contributed by atoms with Crippen LogP contribution in [0.3, 0.4) is 0 Å². The molecule has 3 aromatic rings. The Balaban J connectivity index is 1.50. The molecular weight excluding hydrogens is 484 g/mol. The first-order valence-electron chi connectivity index (χ1n) is 13.0. The number of aromatic nitrogens is 4. The van der Waals surface area contributed by atoms with E-state index in [0.29, 0.717) is 43.7 Å². The number of hydrogen-bond acceptors (Lipinski definition) is 7. The number of anilines is 1. The van der Waals surface area contributed by atoms with Gasteiger partial charge in [0.2, 0.25) is 11.9 Å². The molecule has 2 aromatic heterocycles. The zero-order chi connectivity index (χ0) is 27.1. The third kappa shape index (κ3) is 6.99. The van der Waals surface area contributed by atoms with Crippen LogP contribution in [0.1, 0.15) is 37.9 Å². The van der Waals surface area contributed by atoms with Crippen LogP contribution >= 0.6 is 0 Å². The van der Waals surface area contributed by atoms with E-state index in [1.807, 2.05) is 51.1 Å². The first-order valence-corrected chi connectivity index (χ1v) is 13.0. The van der Waals surface area contributed by atoms with Gasteiger partial charge < -0.3 is 25.2 Å². The van der Waals surface area contributed by atoms with Crippen LogP contribution in [0, 0.1) is 13.8 Å². The summed E-state index contributed by atoms with van der Waals surface area (Å²) in [6.07, 6.45) is 5.62. The molecule has 0 aliphatic carbocycles. The third-order valence-corrected chi connectivity index (χ3v) is 6.27. The van der Waals surface area contributed by atoms with Crippen LogP contribution in [0.25, 0.3) is 5.95 Å². The predicted molar refractivity (Wildman–Crippen MR) is 144 cm³/mol. The van der Waals surface area contributed by atoms with Gasteiger partial charge in [-0.15, -0.1) is 0 Å². The Morgan fingerprint density at radius 3 is 2.66 bits per heavy atom. The largest absolute Gasteiger partial charge is 0.471 e. The van der Waals surface area contributed by atoms with Gasteiger partial charge >= 0.3 is 6.03 Å². The molecule has 2 N–H and O–H groups in total. The second kappa shape index (κ2) is 12.4. The van der Waals surface area contributed by atoms with Crippen molar-refractivity contribution in [2.24, 2.45) is 0 Å². The summed E-state index contributed by atoms with van der Waals surface area (Å²) in [7, 11) is 0. The first kappa shape index (κ1) is 26.9. The lowest BCUT2D eigenvalue weighted by Crippen LogP contribution is -2.58. The van der Waals surface area contributed by atoms with Gasteiger partial charge in [0.15, 0.2) is 6.23 Å². The minimum absolute atomic E-state index is 0.119. The number of aryl methyl sites for hydroxylation is 2. The fraction of sp³-hybridized carbons (Fsp3) is 0.444. The lowest BCUT2D eigenvalue weighted by molar-refractivity contribution is -0.123. The summed E-state index contributed by atoms with van der Waals surface area (Å²) in [6, 6.07) is 9.18. The lowest BCUT2D eigenvalue weighted by atomic mass is 10.1. The molecule has 11 heteroatoms. The molecule has 2 unspecified atom stereocenters. The van der Waals surface area contributed by atoms with Gasteiger partial charge in [-0.05, 0) is 39.3 Å². The maximum atomic E-state index is 13.1. The van der Waals surface area contributed by atoms with Gasteiger partial charge in [0.25, 0.3) is 0 Å². The monoisotopic (exact) mass is 520 g/mol. The number of benzene rings is 1. The summed E-state index contributed by atoms with van der Waals surface area (Å²) >= 11 is 0. The van der Waals surface area contributed by atoms with Crippen LogP contribution in [0.5, 0.6) is 5.75 Å². The molecule has 1 aromatic carbocycles. The lowest BCUT2D eigenvalue weighted by Gasteiger charge is -2.42. The highest BCUT2D eigenvalue weighted by Crippen LogP contribution is 2.23. The molecule has 0 saturated carbocycles. The summed E-state index contributed by atoms with van der Waals surface area (Å²) in [6.45, 7) is 9.78. The Bertz CT molecular complexity index is 1220. The molecule has 2 atom stereocenters. The highest BCUT2D eigenvalue weighted by molar-refractivity contribution is 5.78. The fourth-order valence-electron chi connectivity index (χ4n) is 4.39. The summed E-state index contributed by atoms with van der Waals surface area (Å²) in [5, 5.41) is 5.88. The standard InChI is InChI=1S/C27H36N8O3/c1-5-10-29-27(37)33-13-14-35(24-15-20(3)30-26(32-24)34-12-11-28-18-34)22(17-33)16-25(36)31-21(4)38-23-8-6-19(2)7-9-23/h6-9,11-12,15,18,21-22H,5,10,13-14,16-17H2,1-4H3,(H,29,37)(H,31,36). The molecule has 4 rings (SSSR count). The summed E-state index contributed by atoms with van der Waals surface area (Å²) in [4.78, 5) is 43.1. The summed E-state index contributed by atoms with van der Waals surface area (Å²) in [5.41, 5.74) is 1.93. The molecule has 0 spiro atoms. The second-order valence-corrected chi connectivity index (χ2v) is 9.51. The van der Waals surface area contributed by atoms with Crippen molar-refractivity contribution in [3.8, 4) is 11.7 Å². The van der Waals surface area contributed by atoms with E-state index in [9.17, 15) is 9.59 Å². The Labute approximate surface area is 223 Å². The van der Waals surface area contributed by atoms with Crippen molar-refractivity contribution < 1.29 is 14.3 Å². The maximum Gasteiger partial charge on any atom is 0.317 e. The number of carbonyl (C=O) groups is 2. The van der Waals surface area contributed by atoms with Gasteiger partial charge in [0.1, 0.15) is 17.9 Å². The molecular formula is C27H36N8O3. The maximum absolute atomic E-state index is 13.1. The number of carbonyl (C=O) groups excluding carboxylic acids is 2. The molecule has 11 nitrogen and oxygen atoms in total. The average molecular weight is 521 g/mol. The van der Waals surface area contributed by atoms with Crippen molar-refractivity contribution in [3.63, 3.8) is 0 Å². The Hall–Kier alpha value is -4.15. The van der Waals surface area contributed by atoms with Gasteiger partial charge in [0, 0.05) is 56.8 Å². The van der Waals surface area contributed by atoms with E-state index in [2.05, 4.69) is 25.5 Å². The van der Waals surface area contributed by atoms with Crippen LogP contribution in [-0.2, 0) is 4.79 Å². The quantitative estimate of drug-likeness (QED) is 0.417. The second-order valence-electron chi connectivity index (χ2n) is 9.51. The summed E-state index contributed by atoms with van der Waals surface area (Å²) in [5.74, 6) is 1.72. The highest BCUT2D eigenvalue weighted by atomic mass is 16.5. The van der Waals surface area contributed by atoms with Crippen LogP contribution in [0.4, 0.5) is 10.6 Å². The number of hydrogen-bond donors (Lipinski definition) is 2. The van der Waals surface area contributed by atoms with Gasteiger partial charge in [-0.25, -0.2) is 14.8 Å². The number of rotatable bonds is 9. The van der Waals surface area contributed by atoms with Crippen LogP contribution in [0.15, 0.2) is 49.1 Å². The van der Waals surface area contributed by atoms with E-state index in [1.165, 1.54) is 0 Å². The topological polar surface area (TPSA) is 118 Å². The molecule has 3 amide bonds. The number of piperazine rings is 1. The molecule has 3 heterocycles. The fourth-order valence-corrected chi connectivity index (χ4v) is 4.39. The average Bonchev–Trinajstić information content (AvgIpc) is 3.43. The number of nitrogens with one attached hydrogen (secondary N) is 2. The van der Waals surface area contributed by atoms with Gasteiger partial charge in [-0.2, -0.15) is 4.98 Å². The molecule has 1 fully saturated rings. The molecule has 1 saturated heterocycles. The normalized spacial score (nSPS) is 16.2. The minimum Gasteiger partial charge on any atom is -0.471 e. The molecule has 1 aliphatic rings. The Morgan fingerprint density at radius 2 is 1.95 bits per heavy atom. The highest BCUT2D eigenvalue weighted by Gasteiger charge is 2.32. The van der Waals surface area contributed by atoms with Crippen molar-refractivity contribution in [3.05, 3.63) is 60.3 Å². The van der Waals surface area contributed by atoms with Crippen molar-refractivity contribution in [1.29, 1.82) is 0 Å². The van der Waals surface area contributed by atoms with Gasteiger partial charge in [0.05, 0.1) is 6.04 Å². The zero-order valence-corrected chi connectivity index (χ0v) is 22.4. The zero-order valence-electron chi connectivity index (χ0n) is 22.4. The third-order valence-electron chi connectivity index (χ3n) is 6.27. The van der Waals surface area contributed by atoms with E-state index in [0.717, 1.165) is 17.7 Å². The summed E-state index contributed by atoms with van der Waals surface area (Å²) < 4.78 is 7.61. The molecule has 1 aliphatic heterocycles. The van der Waals surface area contributed by atoms with Crippen LogP contribution in [-0.4, -0.2) is 74.8 Å². The minimum atomic E-state index is -0.514.